The first kappa shape index (κ1) is 16.1. The number of morpholine rings is 1. The molecule has 2 unspecified atom stereocenters. The van der Waals surface area contributed by atoms with Crippen LogP contribution in [0.2, 0.25) is 0 Å². The average molecular weight is 335 g/mol. The van der Waals surface area contributed by atoms with Gasteiger partial charge < -0.3 is 14.1 Å². The summed E-state index contributed by atoms with van der Waals surface area (Å²) in [6.07, 6.45) is -0.344. The topological polar surface area (TPSA) is 68.5 Å². The molecule has 1 aliphatic heterocycles. The summed E-state index contributed by atoms with van der Waals surface area (Å²) in [6.45, 7) is 7.47. The molecule has 0 spiro atoms. The number of hydrogen-bond acceptors (Lipinski definition) is 6. The molecule has 0 aromatic carbocycles. The molecule has 3 heterocycles. The van der Waals surface area contributed by atoms with Crippen LogP contribution in [0.1, 0.15) is 55.4 Å². The highest BCUT2D eigenvalue weighted by atomic mass is 32.1. The second-order valence-electron chi connectivity index (χ2n) is 6.01. The fourth-order valence-electron chi connectivity index (χ4n) is 2.54. The van der Waals surface area contributed by atoms with Crippen LogP contribution >= 0.6 is 11.3 Å². The van der Waals surface area contributed by atoms with E-state index in [0.717, 1.165) is 4.88 Å². The molecule has 0 radical (unpaired) electrons. The Morgan fingerprint density at radius 2 is 2.22 bits per heavy atom. The van der Waals surface area contributed by atoms with Crippen LogP contribution < -0.4 is 0 Å². The summed E-state index contributed by atoms with van der Waals surface area (Å²) in [5.74, 6) is 1.21. The number of thiophene rings is 1. The highest BCUT2D eigenvalue weighted by Gasteiger charge is 2.32. The second kappa shape index (κ2) is 6.80. The summed E-state index contributed by atoms with van der Waals surface area (Å²) in [5.41, 5.74) is 0. The Balaban J connectivity index is 1.69. The van der Waals surface area contributed by atoms with Gasteiger partial charge in [0, 0.05) is 17.3 Å². The van der Waals surface area contributed by atoms with Gasteiger partial charge in [0.15, 0.2) is 6.10 Å². The molecule has 7 heteroatoms. The summed E-state index contributed by atoms with van der Waals surface area (Å²) in [4.78, 5) is 15.6. The van der Waals surface area contributed by atoms with Crippen LogP contribution in [-0.2, 0) is 9.53 Å². The highest BCUT2D eigenvalue weighted by Crippen LogP contribution is 2.27. The van der Waals surface area contributed by atoms with Gasteiger partial charge in [-0.15, -0.1) is 21.5 Å². The van der Waals surface area contributed by atoms with Crippen LogP contribution in [0.5, 0.6) is 0 Å². The normalized spacial score (nSPS) is 20.0. The van der Waals surface area contributed by atoms with Crippen molar-refractivity contribution in [3.05, 3.63) is 34.2 Å². The molecule has 0 bridgehead atoms. The predicted octanol–water partition coefficient (Wildman–Crippen LogP) is 2.96. The first-order valence-corrected chi connectivity index (χ1v) is 8.71. The van der Waals surface area contributed by atoms with Gasteiger partial charge in [-0.05, 0) is 18.4 Å². The predicted molar refractivity (Wildman–Crippen MR) is 86.4 cm³/mol. The zero-order valence-electron chi connectivity index (χ0n) is 13.6. The van der Waals surface area contributed by atoms with E-state index in [9.17, 15) is 4.79 Å². The molecule has 1 aliphatic rings. The molecule has 124 valence electrons. The molecular weight excluding hydrogens is 314 g/mol. The Kier molecular flexibility index (Phi) is 4.77. The number of ether oxygens (including phenoxy) is 1. The van der Waals surface area contributed by atoms with Gasteiger partial charge >= 0.3 is 0 Å². The lowest BCUT2D eigenvalue weighted by atomic mass is 10.1. The van der Waals surface area contributed by atoms with E-state index < -0.39 is 0 Å². The smallest absolute Gasteiger partial charge is 0.247 e. The van der Waals surface area contributed by atoms with Crippen molar-refractivity contribution in [1.82, 2.24) is 15.1 Å². The van der Waals surface area contributed by atoms with Crippen molar-refractivity contribution < 1.29 is 13.9 Å². The van der Waals surface area contributed by atoms with E-state index in [2.05, 4.69) is 10.2 Å². The molecule has 1 amide bonds. The monoisotopic (exact) mass is 335 g/mol. The minimum absolute atomic E-state index is 0.115. The van der Waals surface area contributed by atoms with Crippen molar-refractivity contribution in [1.29, 1.82) is 0 Å². The van der Waals surface area contributed by atoms with Gasteiger partial charge in [0.1, 0.15) is 0 Å². The Morgan fingerprint density at radius 3 is 2.87 bits per heavy atom. The summed E-state index contributed by atoms with van der Waals surface area (Å²) < 4.78 is 11.4. The number of amides is 1. The molecule has 6 nitrogen and oxygen atoms in total. The molecule has 0 saturated carbocycles. The maximum absolute atomic E-state index is 12.7. The van der Waals surface area contributed by atoms with Crippen LogP contribution in [0.25, 0.3) is 0 Å². The molecule has 23 heavy (non-hydrogen) atoms. The van der Waals surface area contributed by atoms with Gasteiger partial charge in [-0.1, -0.05) is 19.9 Å². The third kappa shape index (κ3) is 3.45. The summed E-state index contributed by atoms with van der Waals surface area (Å²) in [5, 5.41) is 10.1. The molecule has 3 rings (SSSR count). The van der Waals surface area contributed by atoms with Crippen molar-refractivity contribution >= 4 is 17.2 Å². The summed E-state index contributed by atoms with van der Waals surface area (Å²) in [7, 11) is 0. The standard InChI is InChI=1S/C16H21N3O3S/c1-10(2)14-17-18-15(22-14)12-9-19(6-7-21-12)16(20)11(3)13-5-4-8-23-13/h4-5,8,10-12H,6-7,9H2,1-3H3. The third-order valence-electron chi connectivity index (χ3n) is 3.94. The van der Waals surface area contributed by atoms with Crippen molar-refractivity contribution in [2.75, 3.05) is 19.7 Å². The van der Waals surface area contributed by atoms with E-state index in [4.69, 9.17) is 9.15 Å². The fourth-order valence-corrected chi connectivity index (χ4v) is 3.32. The zero-order chi connectivity index (χ0) is 16.4. The number of carbonyl (C=O) groups excluding carboxylic acids is 1. The number of rotatable bonds is 4. The third-order valence-corrected chi connectivity index (χ3v) is 5.00. The van der Waals surface area contributed by atoms with Gasteiger partial charge in [-0.2, -0.15) is 0 Å². The van der Waals surface area contributed by atoms with E-state index in [0.29, 0.717) is 31.5 Å². The SMILES string of the molecule is CC(C)c1nnc(C2CN(C(=O)C(C)c3cccs3)CCO2)o1. The lowest BCUT2D eigenvalue weighted by molar-refractivity contribution is -0.141. The lowest BCUT2D eigenvalue weighted by Crippen LogP contribution is -2.44. The van der Waals surface area contributed by atoms with E-state index >= 15 is 0 Å². The molecule has 2 aromatic rings. The maximum atomic E-state index is 12.7. The molecular formula is C16H21N3O3S. The van der Waals surface area contributed by atoms with Crippen LogP contribution in [0.3, 0.4) is 0 Å². The Bertz CT molecular complexity index is 653. The number of aromatic nitrogens is 2. The Morgan fingerprint density at radius 1 is 1.39 bits per heavy atom. The van der Waals surface area contributed by atoms with Crippen molar-refractivity contribution in [2.24, 2.45) is 0 Å². The Labute approximate surface area is 139 Å². The minimum atomic E-state index is -0.344. The fraction of sp³-hybridized carbons (Fsp3) is 0.562. The van der Waals surface area contributed by atoms with Crippen molar-refractivity contribution in [3.8, 4) is 0 Å². The van der Waals surface area contributed by atoms with E-state index in [1.807, 2.05) is 43.2 Å². The van der Waals surface area contributed by atoms with E-state index in [1.54, 1.807) is 11.3 Å². The van der Waals surface area contributed by atoms with Gasteiger partial charge in [-0.25, -0.2) is 0 Å². The van der Waals surface area contributed by atoms with Gasteiger partial charge in [0.05, 0.1) is 19.1 Å². The lowest BCUT2D eigenvalue weighted by Gasteiger charge is -2.32. The second-order valence-corrected chi connectivity index (χ2v) is 6.99. The van der Waals surface area contributed by atoms with Crippen LogP contribution in [-0.4, -0.2) is 40.7 Å². The number of nitrogens with zero attached hydrogens (tertiary/aromatic N) is 3. The molecule has 1 fully saturated rings. The quantitative estimate of drug-likeness (QED) is 0.859. The first-order valence-electron chi connectivity index (χ1n) is 7.83. The molecule has 2 aromatic heterocycles. The Hall–Kier alpha value is -1.73. The molecule has 2 atom stereocenters. The molecule has 0 N–H and O–H groups in total. The molecule has 1 saturated heterocycles. The van der Waals surface area contributed by atoms with Crippen molar-refractivity contribution in [3.63, 3.8) is 0 Å². The van der Waals surface area contributed by atoms with Crippen LogP contribution in [0.4, 0.5) is 0 Å². The van der Waals surface area contributed by atoms with Gasteiger partial charge in [0.2, 0.25) is 17.7 Å². The maximum Gasteiger partial charge on any atom is 0.247 e. The minimum Gasteiger partial charge on any atom is -0.422 e. The van der Waals surface area contributed by atoms with Crippen LogP contribution in [0.15, 0.2) is 21.9 Å². The summed E-state index contributed by atoms with van der Waals surface area (Å²) >= 11 is 1.61. The number of carbonyl (C=O) groups is 1. The first-order chi connectivity index (χ1) is 11.1. The zero-order valence-corrected chi connectivity index (χ0v) is 14.4. The van der Waals surface area contributed by atoms with E-state index in [-0.39, 0.29) is 23.8 Å². The van der Waals surface area contributed by atoms with Gasteiger partial charge in [0.25, 0.3) is 0 Å². The summed E-state index contributed by atoms with van der Waals surface area (Å²) in [6, 6.07) is 3.97. The molecule has 0 aliphatic carbocycles. The van der Waals surface area contributed by atoms with Crippen LogP contribution in [0, 0.1) is 0 Å². The highest BCUT2D eigenvalue weighted by molar-refractivity contribution is 7.10. The number of hydrogen-bond donors (Lipinski definition) is 0. The van der Waals surface area contributed by atoms with E-state index in [1.165, 1.54) is 0 Å². The van der Waals surface area contributed by atoms with Crippen molar-refractivity contribution in [2.45, 2.75) is 38.7 Å². The largest absolute Gasteiger partial charge is 0.422 e. The average Bonchev–Trinajstić information content (AvgIpc) is 3.25. The van der Waals surface area contributed by atoms with Gasteiger partial charge in [-0.3, -0.25) is 4.79 Å².